The molecule has 1 fully saturated rings. The van der Waals surface area contributed by atoms with Crippen molar-refractivity contribution in [3.05, 3.63) is 11.8 Å². The van der Waals surface area contributed by atoms with E-state index in [2.05, 4.69) is 10.5 Å². The van der Waals surface area contributed by atoms with Gasteiger partial charge in [-0.15, -0.1) is 0 Å². The van der Waals surface area contributed by atoms with Gasteiger partial charge in [-0.2, -0.15) is 0 Å². The van der Waals surface area contributed by atoms with Gasteiger partial charge in [-0.1, -0.05) is 25.9 Å². The maximum atomic E-state index is 11.8. The Kier molecular flexibility index (Phi) is 3.19. The van der Waals surface area contributed by atoms with Gasteiger partial charge in [0.05, 0.1) is 0 Å². The Bertz CT molecular complexity index is 439. The van der Waals surface area contributed by atoms with Crippen LogP contribution in [0.2, 0.25) is 0 Å². The maximum Gasteiger partial charge on any atom is 0.232 e. The molecule has 0 aromatic carbocycles. The quantitative estimate of drug-likeness (QED) is 0.878. The summed E-state index contributed by atoms with van der Waals surface area (Å²) in [5, 5.41) is 6.71. The highest BCUT2D eigenvalue weighted by Crippen LogP contribution is 2.35. The standard InChI is InChI=1S/C13H20N2O3/c1-12(2,3)11(16)14-10-8-9(15-18-10)13(4)6-5-7-17-13/h8H,5-7H2,1-4H3,(H,14,16). The predicted molar refractivity (Wildman–Crippen MR) is 67.1 cm³/mol. The molecule has 0 radical (unpaired) electrons. The smallest absolute Gasteiger partial charge is 0.232 e. The first-order valence-corrected chi connectivity index (χ1v) is 6.24. The van der Waals surface area contributed by atoms with E-state index >= 15 is 0 Å². The number of carbonyl (C=O) groups excluding carboxylic acids is 1. The molecule has 5 nitrogen and oxygen atoms in total. The minimum absolute atomic E-state index is 0.0947. The normalized spacial score (nSPS) is 24.2. The summed E-state index contributed by atoms with van der Waals surface area (Å²) < 4.78 is 10.8. The van der Waals surface area contributed by atoms with Crippen molar-refractivity contribution < 1.29 is 14.1 Å². The van der Waals surface area contributed by atoms with Gasteiger partial charge in [0.15, 0.2) is 0 Å². The van der Waals surface area contributed by atoms with E-state index in [9.17, 15) is 4.79 Å². The average Bonchev–Trinajstić information content (AvgIpc) is 2.86. The zero-order valence-corrected chi connectivity index (χ0v) is 11.4. The van der Waals surface area contributed by atoms with E-state index in [4.69, 9.17) is 9.26 Å². The van der Waals surface area contributed by atoms with Gasteiger partial charge in [0.1, 0.15) is 11.3 Å². The van der Waals surface area contributed by atoms with Crippen LogP contribution in [-0.4, -0.2) is 17.7 Å². The molecule has 5 heteroatoms. The molecule has 1 aromatic heterocycles. The van der Waals surface area contributed by atoms with E-state index in [1.54, 1.807) is 6.07 Å². The number of anilines is 1. The van der Waals surface area contributed by atoms with Crippen LogP contribution in [0.3, 0.4) is 0 Å². The number of hydrogen-bond acceptors (Lipinski definition) is 4. The summed E-state index contributed by atoms with van der Waals surface area (Å²) in [5.74, 6) is 0.282. The molecule has 1 unspecified atom stereocenters. The summed E-state index contributed by atoms with van der Waals surface area (Å²) in [4.78, 5) is 11.8. The van der Waals surface area contributed by atoms with Gasteiger partial charge in [0, 0.05) is 18.1 Å². The number of nitrogens with one attached hydrogen (secondary N) is 1. The van der Waals surface area contributed by atoms with Gasteiger partial charge in [0.25, 0.3) is 0 Å². The van der Waals surface area contributed by atoms with Crippen molar-refractivity contribution in [2.24, 2.45) is 5.41 Å². The van der Waals surface area contributed by atoms with E-state index in [0.29, 0.717) is 5.88 Å². The lowest BCUT2D eigenvalue weighted by Gasteiger charge is -2.19. The molecule has 1 aliphatic heterocycles. The van der Waals surface area contributed by atoms with Crippen molar-refractivity contribution in [3.63, 3.8) is 0 Å². The number of aromatic nitrogens is 1. The minimum Gasteiger partial charge on any atom is -0.369 e. The fourth-order valence-corrected chi connectivity index (χ4v) is 1.86. The van der Waals surface area contributed by atoms with E-state index in [0.717, 1.165) is 25.1 Å². The SMILES string of the molecule is CC(C)(C)C(=O)Nc1cc(C2(C)CCCO2)no1. The third-order valence-electron chi connectivity index (χ3n) is 3.19. The van der Waals surface area contributed by atoms with Gasteiger partial charge < -0.3 is 9.26 Å². The molecule has 1 N–H and O–H groups in total. The number of rotatable bonds is 2. The van der Waals surface area contributed by atoms with Crippen LogP contribution in [-0.2, 0) is 15.1 Å². The highest BCUT2D eigenvalue weighted by atomic mass is 16.5. The van der Waals surface area contributed by atoms with Crippen molar-refractivity contribution in [1.29, 1.82) is 0 Å². The average molecular weight is 252 g/mol. The second-order valence-electron chi connectivity index (χ2n) is 5.96. The fourth-order valence-electron chi connectivity index (χ4n) is 1.86. The van der Waals surface area contributed by atoms with Crippen LogP contribution >= 0.6 is 0 Å². The molecular formula is C13H20N2O3. The molecule has 0 bridgehead atoms. The molecule has 100 valence electrons. The van der Waals surface area contributed by atoms with E-state index in [1.807, 2.05) is 27.7 Å². The Morgan fingerprint density at radius 3 is 2.78 bits per heavy atom. The summed E-state index contributed by atoms with van der Waals surface area (Å²) in [6.07, 6.45) is 1.94. The first kappa shape index (κ1) is 13.1. The first-order chi connectivity index (χ1) is 8.31. The Morgan fingerprint density at radius 2 is 2.22 bits per heavy atom. The molecule has 1 aromatic rings. The van der Waals surface area contributed by atoms with Crippen LogP contribution in [0.4, 0.5) is 5.88 Å². The third kappa shape index (κ3) is 2.56. The van der Waals surface area contributed by atoms with E-state index in [-0.39, 0.29) is 11.5 Å². The molecule has 1 atom stereocenters. The Balaban J connectivity index is 2.09. The van der Waals surface area contributed by atoms with Crippen molar-refractivity contribution >= 4 is 11.8 Å². The maximum absolute atomic E-state index is 11.8. The van der Waals surface area contributed by atoms with Gasteiger partial charge in [-0.25, -0.2) is 0 Å². The lowest BCUT2D eigenvalue weighted by atomic mass is 9.95. The molecule has 1 amide bonds. The van der Waals surface area contributed by atoms with Crippen molar-refractivity contribution in [1.82, 2.24) is 5.16 Å². The largest absolute Gasteiger partial charge is 0.369 e. The van der Waals surface area contributed by atoms with Crippen molar-refractivity contribution in [2.45, 2.75) is 46.1 Å². The lowest BCUT2D eigenvalue weighted by Crippen LogP contribution is -2.27. The Hall–Kier alpha value is -1.36. The van der Waals surface area contributed by atoms with Gasteiger partial charge in [-0.3, -0.25) is 10.1 Å². The van der Waals surface area contributed by atoms with Crippen LogP contribution in [0.15, 0.2) is 10.6 Å². The summed E-state index contributed by atoms with van der Waals surface area (Å²) in [5.41, 5.74) is -0.0984. The summed E-state index contributed by atoms with van der Waals surface area (Å²) in [6, 6.07) is 1.74. The van der Waals surface area contributed by atoms with Crippen LogP contribution in [0.5, 0.6) is 0 Å². The molecule has 0 spiro atoms. The lowest BCUT2D eigenvalue weighted by molar-refractivity contribution is -0.123. The molecular weight excluding hydrogens is 232 g/mol. The molecule has 1 aliphatic rings. The number of hydrogen-bond donors (Lipinski definition) is 1. The van der Waals surface area contributed by atoms with Gasteiger partial charge in [-0.05, 0) is 19.8 Å². The molecule has 2 rings (SSSR count). The molecule has 0 saturated carbocycles. The molecule has 1 saturated heterocycles. The molecule has 0 aliphatic carbocycles. The number of carbonyl (C=O) groups is 1. The highest BCUT2D eigenvalue weighted by Gasteiger charge is 2.35. The monoisotopic (exact) mass is 252 g/mol. The van der Waals surface area contributed by atoms with Gasteiger partial charge >= 0.3 is 0 Å². The zero-order valence-electron chi connectivity index (χ0n) is 11.4. The highest BCUT2D eigenvalue weighted by molar-refractivity contribution is 5.93. The number of nitrogens with zero attached hydrogens (tertiary/aromatic N) is 1. The van der Waals surface area contributed by atoms with Crippen LogP contribution in [0.25, 0.3) is 0 Å². The fraction of sp³-hybridized carbons (Fsp3) is 0.692. The number of amides is 1. The minimum atomic E-state index is -0.458. The third-order valence-corrected chi connectivity index (χ3v) is 3.19. The summed E-state index contributed by atoms with van der Waals surface area (Å²) in [7, 11) is 0. The first-order valence-electron chi connectivity index (χ1n) is 6.24. The Labute approximate surface area is 107 Å². The summed E-state index contributed by atoms with van der Waals surface area (Å²) in [6.45, 7) is 8.28. The van der Waals surface area contributed by atoms with E-state index in [1.165, 1.54) is 0 Å². The van der Waals surface area contributed by atoms with Crippen LogP contribution in [0.1, 0.15) is 46.2 Å². The topological polar surface area (TPSA) is 64.4 Å². The van der Waals surface area contributed by atoms with E-state index < -0.39 is 5.41 Å². The molecule has 2 heterocycles. The van der Waals surface area contributed by atoms with Crippen LogP contribution < -0.4 is 5.32 Å². The van der Waals surface area contributed by atoms with Crippen molar-refractivity contribution in [3.8, 4) is 0 Å². The zero-order chi connectivity index (χ0) is 13.4. The molecule has 18 heavy (non-hydrogen) atoms. The second kappa shape index (κ2) is 4.39. The number of ether oxygens (including phenoxy) is 1. The van der Waals surface area contributed by atoms with Crippen LogP contribution in [0, 0.1) is 5.41 Å². The summed E-state index contributed by atoms with van der Waals surface area (Å²) >= 11 is 0. The predicted octanol–water partition coefficient (Wildman–Crippen LogP) is 2.68. The van der Waals surface area contributed by atoms with Crippen molar-refractivity contribution in [2.75, 3.05) is 11.9 Å². The van der Waals surface area contributed by atoms with Gasteiger partial charge in [0.2, 0.25) is 11.8 Å². The Morgan fingerprint density at radius 1 is 1.50 bits per heavy atom. The second-order valence-corrected chi connectivity index (χ2v) is 5.96.